The van der Waals surface area contributed by atoms with Crippen molar-refractivity contribution in [2.24, 2.45) is 0 Å². The van der Waals surface area contributed by atoms with E-state index >= 15 is 0 Å². The van der Waals surface area contributed by atoms with Gasteiger partial charge in [-0.3, -0.25) is 4.79 Å². The summed E-state index contributed by atoms with van der Waals surface area (Å²) in [5.74, 6) is -0.402. The highest BCUT2D eigenvalue weighted by atomic mass is 35.5. The van der Waals surface area contributed by atoms with Crippen LogP contribution in [-0.2, 0) is 9.53 Å². The van der Waals surface area contributed by atoms with Crippen molar-refractivity contribution in [3.05, 3.63) is 88.3 Å². The number of hydrogen-bond donors (Lipinski definition) is 0. The van der Waals surface area contributed by atoms with Gasteiger partial charge in [0.15, 0.2) is 0 Å². The number of carbonyl (C=O) groups is 2. The molecule has 2 aromatic carbocycles. The molecule has 2 heterocycles. The lowest BCUT2D eigenvalue weighted by Gasteiger charge is -2.18. The van der Waals surface area contributed by atoms with E-state index < -0.39 is 18.0 Å². The van der Waals surface area contributed by atoms with E-state index in [2.05, 4.69) is 0 Å². The molecule has 1 atom stereocenters. The molecule has 28 heavy (non-hydrogen) atoms. The van der Waals surface area contributed by atoms with Crippen LogP contribution in [0.5, 0.6) is 0 Å². The van der Waals surface area contributed by atoms with E-state index in [9.17, 15) is 9.59 Å². The van der Waals surface area contributed by atoms with E-state index in [4.69, 9.17) is 16.3 Å². The Hall–Kier alpha value is -2.89. The van der Waals surface area contributed by atoms with Crippen molar-refractivity contribution in [2.75, 3.05) is 6.61 Å². The smallest absolute Gasteiger partial charge is 0.417 e. The maximum absolute atomic E-state index is 12.7. The third-order valence-electron chi connectivity index (χ3n) is 4.46. The summed E-state index contributed by atoms with van der Waals surface area (Å²) in [5, 5.41) is 0. The molecular weight excluding hydrogens is 394 g/mol. The second kappa shape index (κ2) is 8.00. The first-order valence-electron chi connectivity index (χ1n) is 8.70. The van der Waals surface area contributed by atoms with Gasteiger partial charge >= 0.3 is 6.09 Å². The molecule has 2 amide bonds. The Bertz CT molecular complexity index is 1040. The molecule has 6 heteroatoms. The number of cyclic esters (lactones) is 1. The molecule has 4 nitrogen and oxygen atoms in total. The van der Waals surface area contributed by atoms with Gasteiger partial charge in [0.25, 0.3) is 5.91 Å². The summed E-state index contributed by atoms with van der Waals surface area (Å²) >= 11 is 7.51. The number of imide groups is 1. The molecule has 1 saturated heterocycles. The van der Waals surface area contributed by atoms with E-state index in [1.54, 1.807) is 6.08 Å². The zero-order valence-electron chi connectivity index (χ0n) is 14.7. The first kappa shape index (κ1) is 18.5. The highest BCUT2D eigenvalue weighted by Gasteiger charge is 2.37. The lowest BCUT2D eigenvalue weighted by atomic mass is 10.1. The van der Waals surface area contributed by atoms with Crippen molar-refractivity contribution in [1.29, 1.82) is 0 Å². The largest absolute Gasteiger partial charge is 0.446 e. The van der Waals surface area contributed by atoms with E-state index in [-0.39, 0.29) is 6.61 Å². The lowest BCUT2D eigenvalue weighted by molar-refractivity contribution is -0.124. The third kappa shape index (κ3) is 3.86. The predicted molar refractivity (Wildman–Crippen MR) is 111 cm³/mol. The molecule has 0 radical (unpaired) electrons. The molecule has 0 saturated carbocycles. The van der Waals surface area contributed by atoms with Crippen LogP contribution in [0.15, 0.2) is 72.8 Å². The monoisotopic (exact) mass is 409 g/mol. The van der Waals surface area contributed by atoms with E-state index in [1.165, 1.54) is 17.4 Å². The van der Waals surface area contributed by atoms with Crippen molar-refractivity contribution in [2.45, 2.75) is 6.04 Å². The number of rotatable bonds is 4. The third-order valence-corrected chi connectivity index (χ3v) is 5.74. The van der Waals surface area contributed by atoms with Gasteiger partial charge in [0.05, 0.1) is 4.34 Å². The van der Waals surface area contributed by atoms with Gasteiger partial charge in [-0.2, -0.15) is 0 Å². The maximum Gasteiger partial charge on any atom is 0.417 e. The number of thiophene rings is 1. The molecule has 1 aliphatic rings. The SMILES string of the molecule is O=C(/C=C/c1cccc(-c2ccc(Cl)s2)c1)N1C(=O)OCC1c1ccccc1. The number of nitrogens with zero attached hydrogens (tertiary/aromatic N) is 1. The van der Waals surface area contributed by atoms with Crippen LogP contribution in [0.3, 0.4) is 0 Å². The van der Waals surface area contributed by atoms with Crippen LogP contribution in [0.1, 0.15) is 17.2 Å². The minimum atomic E-state index is -0.620. The normalized spacial score (nSPS) is 16.5. The molecule has 1 fully saturated rings. The van der Waals surface area contributed by atoms with Gasteiger partial charge < -0.3 is 4.74 Å². The molecule has 0 N–H and O–H groups in total. The zero-order valence-corrected chi connectivity index (χ0v) is 16.3. The number of ether oxygens (including phenoxy) is 1. The Morgan fingerprint density at radius 1 is 1.11 bits per heavy atom. The van der Waals surface area contributed by atoms with E-state index in [0.717, 1.165) is 30.8 Å². The molecule has 1 aromatic heterocycles. The summed E-state index contributed by atoms with van der Waals surface area (Å²) < 4.78 is 5.83. The summed E-state index contributed by atoms with van der Waals surface area (Å²) in [4.78, 5) is 27.0. The molecule has 140 valence electrons. The highest BCUT2D eigenvalue weighted by Crippen LogP contribution is 2.32. The van der Waals surface area contributed by atoms with Gasteiger partial charge in [0.1, 0.15) is 12.6 Å². The fourth-order valence-corrected chi connectivity index (χ4v) is 4.14. The van der Waals surface area contributed by atoms with Gasteiger partial charge in [-0.15, -0.1) is 11.3 Å². The van der Waals surface area contributed by atoms with Crippen molar-refractivity contribution in [1.82, 2.24) is 4.90 Å². The van der Waals surface area contributed by atoms with Crippen LogP contribution < -0.4 is 0 Å². The van der Waals surface area contributed by atoms with Crippen LogP contribution in [-0.4, -0.2) is 23.5 Å². The van der Waals surface area contributed by atoms with Crippen LogP contribution in [0, 0.1) is 0 Å². The molecule has 3 aromatic rings. The Morgan fingerprint density at radius 3 is 2.68 bits per heavy atom. The molecular formula is C22H16ClNO3S. The minimum absolute atomic E-state index is 0.164. The molecule has 0 bridgehead atoms. The number of halogens is 1. The summed E-state index contributed by atoms with van der Waals surface area (Å²) in [5.41, 5.74) is 2.75. The summed E-state index contributed by atoms with van der Waals surface area (Å²) in [6.07, 6.45) is 2.49. The van der Waals surface area contributed by atoms with Crippen LogP contribution in [0.25, 0.3) is 16.5 Å². The second-order valence-electron chi connectivity index (χ2n) is 6.27. The van der Waals surface area contributed by atoms with Gasteiger partial charge in [-0.05, 0) is 41.0 Å². The van der Waals surface area contributed by atoms with Crippen molar-refractivity contribution in [3.63, 3.8) is 0 Å². The summed E-state index contributed by atoms with van der Waals surface area (Å²) in [6.45, 7) is 0.164. The molecule has 1 aliphatic heterocycles. The quantitative estimate of drug-likeness (QED) is 0.511. The first-order chi connectivity index (χ1) is 13.6. The lowest BCUT2D eigenvalue weighted by Crippen LogP contribution is -2.32. The number of benzene rings is 2. The van der Waals surface area contributed by atoms with Gasteiger partial charge in [-0.1, -0.05) is 60.1 Å². The Morgan fingerprint density at radius 2 is 1.93 bits per heavy atom. The Kier molecular flexibility index (Phi) is 5.28. The molecule has 0 aliphatic carbocycles. The van der Waals surface area contributed by atoms with Gasteiger partial charge in [-0.25, -0.2) is 9.69 Å². The highest BCUT2D eigenvalue weighted by molar-refractivity contribution is 7.19. The standard InChI is InChI=1S/C22H16ClNO3S/c23-20-11-10-19(28-20)17-8-4-5-15(13-17)9-12-21(25)24-18(14-27-22(24)26)16-6-2-1-3-7-16/h1-13,18H,14H2/b12-9+. The molecule has 1 unspecified atom stereocenters. The van der Waals surface area contributed by atoms with Crippen molar-refractivity contribution >= 4 is 41.0 Å². The predicted octanol–water partition coefficient (Wildman–Crippen LogP) is 5.80. The second-order valence-corrected chi connectivity index (χ2v) is 7.99. The van der Waals surface area contributed by atoms with Gasteiger partial charge in [0.2, 0.25) is 0 Å². The number of hydrogen-bond acceptors (Lipinski definition) is 4. The molecule has 4 rings (SSSR count). The average Bonchev–Trinajstić information content (AvgIpc) is 3.33. The zero-order chi connectivity index (χ0) is 19.5. The average molecular weight is 410 g/mol. The fraction of sp³-hybridized carbons (Fsp3) is 0.0909. The topological polar surface area (TPSA) is 46.6 Å². The maximum atomic E-state index is 12.7. The van der Waals surface area contributed by atoms with Crippen LogP contribution in [0.4, 0.5) is 4.79 Å². The van der Waals surface area contributed by atoms with E-state index in [0.29, 0.717) is 0 Å². The summed E-state index contributed by atoms with van der Waals surface area (Å²) in [6, 6.07) is 20.6. The Labute approximate surface area is 171 Å². The first-order valence-corrected chi connectivity index (χ1v) is 9.90. The van der Waals surface area contributed by atoms with Crippen LogP contribution >= 0.6 is 22.9 Å². The minimum Gasteiger partial charge on any atom is -0.446 e. The number of carbonyl (C=O) groups excluding carboxylic acids is 2. The molecule has 0 spiro atoms. The fourth-order valence-electron chi connectivity index (χ4n) is 3.10. The Balaban J connectivity index is 1.54. The van der Waals surface area contributed by atoms with Crippen molar-refractivity contribution in [3.8, 4) is 10.4 Å². The van der Waals surface area contributed by atoms with Gasteiger partial charge in [0, 0.05) is 11.0 Å². The van der Waals surface area contributed by atoms with Crippen molar-refractivity contribution < 1.29 is 14.3 Å². The number of amides is 2. The van der Waals surface area contributed by atoms with E-state index in [1.807, 2.05) is 66.7 Å². The van der Waals surface area contributed by atoms with Crippen LogP contribution in [0.2, 0.25) is 4.34 Å². The summed E-state index contributed by atoms with van der Waals surface area (Å²) in [7, 11) is 0.